The lowest BCUT2D eigenvalue weighted by atomic mass is 9.94. The van der Waals surface area contributed by atoms with Gasteiger partial charge in [-0.15, -0.1) is 0 Å². The molecule has 0 saturated heterocycles. The molecule has 2 aromatic rings. The van der Waals surface area contributed by atoms with Gasteiger partial charge >= 0.3 is 0 Å². The Morgan fingerprint density at radius 1 is 1.30 bits per heavy atom. The Kier molecular flexibility index (Phi) is 3.36. The van der Waals surface area contributed by atoms with Crippen molar-refractivity contribution in [1.82, 2.24) is 15.1 Å². The SMILES string of the molecule is CC(C)(N)c1n[nH]c2c1CN(Cc1ccccc1)CC2. The third kappa shape index (κ3) is 2.62. The first kappa shape index (κ1) is 13.3. The van der Waals surface area contributed by atoms with E-state index >= 15 is 0 Å². The summed E-state index contributed by atoms with van der Waals surface area (Å²) in [6.45, 7) is 7.00. The maximum absolute atomic E-state index is 6.22. The molecule has 1 aliphatic rings. The average molecular weight is 270 g/mol. The minimum absolute atomic E-state index is 0.389. The zero-order valence-corrected chi connectivity index (χ0v) is 12.2. The van der Waals surface area contributed by atoms with E-state index in [1.807, 2.05) is 13.8 Å². The molecule has 106 valence electrons. The largest absolute Gasteiger partial charge is 0.321 e. The topological polar surface area (TPSA) is 57.9 Å². The first-order valence-corrected chi connectivity index (χ1v) is 7.16. The summed E-state index contributed by atoms with van der Waals surface area (Å²) < 4.78 is 0. The van der Waals surface area contributed by atoms with E-state index in [0.717, 1.165) is 31.7 Å². The van der Waals surface area contributed by atoms with Crippen molar-refractivity contribution in [3.05, 3.63) is 52.8 Å². The van der Waals surface area contributed by atoms with Crippen LogP contribution in [0.4, 0.5) is 0 Å². The number of aromatic nitrogens is 2. The molecule has 0 spiro atoms. The number of H-pyrrole nitrogens is 1. The minimum atomic E-state index is -0.389. The fourth-order valence-electron chi connectivity index (χ4n) is 2.86. The first-order chi connectivity index (χ1) is 9.54. The molecule has 0 saturated carbocycles. The van der Waals surface area contributed by atoms with E-state index in [-0.39, 0.29) is 5.54 Å². The normalized spacial score (nSPS) is 16.1. The van der Waals surface area contributed by atoms with Gasteiger partial charge in [0.1, 0.15) is 0 Å². The van der Waals surface area contributed by atoms with Crippen molar-refractivity contribution in [1.29, 1.82) is 0 Å². The second-order valence-corrected chi connectivity index (χ2v) is 6.20. The quantitative estimate of drug-likeness (QED) is 0.898. The zero-order valence-electron chi connectivity index (χ0n) is 12.2. The van der Waals surface area contributed by atoms with Crippen LogP contribution in [0.2, 0.25) is 0 Å². The maximum atomic E-state index is 6.22. The van der Waals surface area contributed by atoms with Gasteiger partial charge in [0.15, 0.2) is 0 Å². The lowest BCUT2D eigenvalue weighted by molar-refractivity contribution is 0.242. The van der Waals surface area contributed by atoms with E-state index in [4.69, 9.17) is 5.73 Å². The minimum Gasteiger partial charge on any atom is -0.321 e. The number of fused-ring (bicyclic) bond motifs is 1. The van der Waals surface area contributed by atoms with Crippen LogP contribution >= 0.6 is 0 Å². The van der Waals surface area contributed by atoms with Crippen molar-refractivity contribution >= 4 is 0 Å². The molecule has 0 amide bonds. The molecule has 1 aliphatic heterocycles. The van der Waals surface area contributed by atoms with Gasteiger partial charge < -0.3 is 5.73 Å². The number of aromatic amines is 1. The van der Waals surface area contributed by atoms with E-state index in [1.165, 1.54) is 16.8 Å². The molecule has 3 rings (SSSR count). The number of nitrogens with zero attached hydrogens (tertiary/aromatic N) is 2. The van der Waals surface area contributed by atoms with E-state index in [2.05, 4.69) is 45.4 Å². The molecule has 20 heavy (non-hydrogen) atoms. The molecule has 0 atom stereocenters. The lowest BCUT2D eigenvalue weighted by Crippen LogP contribution is -2.34. The van der Waals surface area contributed by atoms with Crippen molar-refractivity contribution < 1.29 is 0 Å². The molecule has 1 aromatic heterocycles. The Bertz CT molecular complexity index is 580. The fraction of sp³-hybridized carbons (Fsp3) is 0.438. The Labute approximate surface area is 120 Å². The summed E-state index contributed by atoms with van der Waals surface area (Å²) in [6.07, 6.45) is 1.02. The fourth-order valence-corrected chi connectivity index (χ4v) is 2.86. The van der Waals surface area contributed by atoms with Crippen LogP contribution in [0.25, 0.3) is 0 Å². The van der Waals surface area contributed by atoms with Crippen LogP contribution in [-0.2, 0) is 25.0 Å². The molecule has 2 heterocycles. The van der Waals surface area contributed by atoms with Gasteiger partial charge in [0.2, 0.25) is 0 Å². The maximum Gasteiger partial charge on any atom is 0.0862 e. The van der Waals surface area contributed by atoms with E-state index < -0.39 is 0 Å². The van der Waals surface area contributed by atoms with Gasteiger partial charge in [-0.25, -0.2) is 0 Å². The second-order valence-electron chi connectivity index (χ2n) is 6.20. The Hall–Kier alpha value is -1.65. The number of nitrogens with two attached hydrogens (primary N) is 1. The predicted octanol–water partition coefficient (Wildman–Crippen LogP) is 2.16. The molecule has 4 heteroatoms. The Morgan fingerprint density at radius 3 is 2.75 bits per heavy atom. The van der Waals surface area contributed by atoms with Crippen molar-refractivity contribution in [2.24, 2.45) is 5.73 Å². The summed E-state index contributed by atoms with van der Waals surface area (Å²) in [5.41, 5.74) is 10.7. The zero-order chi connectivity index (χ0) is 14.2. The van der Waals surface area contributed by atoms with Crippen molar-refractivity contribution in [3.63, 3.8) is 0 Å². The van der Waals surface area contributed by atoms with Crippen molar-refractivity contribution in [2.45, 2.75) is 38.9 Å². The van der Waals surface area contributed by atoms with Gasteiger partial charge in [0.05, 0.1) is 11.2 Å². The smallest absolute Gasteiger partial charge is 0.0862 e. The molecular weight excluding hydrogens is 248 g/mol. The summed E-state index contributed by atoms with van der Waals surface area (Å²) in [5, 5.41) is 7.59. The summed E-state index contributed by atoms with van der Waals surface area (Å²) in [6, 6.07) is 10.6. The van der Waals surface area contributed by atoms with Gasteiger partial charge in [-0.1, -0.05) is 30.3 Å². The molecular formula is C16H22N4. The second kappa shape index (κ2) is 5.04. The number of hydrogen-bond acceptors (Lipinski definition) is 3. The van der Waals surface area contributed by atoms with Crippen LogP contribution in [0.3, 0.4) is 0 Å². The summed E-state index contributed by atoms with van der Waals surface area (Å²) in [4.78, 5) is 2.46. The number of benzene rings is 1. The van der Waals surface area contributed by atoms with E-state index in [0.29, 0.717) is 0 Å². The summed E-state index contributed by atoms with van der Waals surface area (Å²) >= 11 is 0. The molecule has 0 unspecified atom stereocenters. The molecule has 0 aliphatic carbocycles. The third-order valence-corrected chi connectivity index (χ3v) is 3.87. The Balaban J connectivity index is 1.79. The lowest BCUT2D eigenvalue weighted by Gasteiger charge is -2.28. The first-order valence-electron chi connectivity index (χ1n) is 7.16. The number of hydrogen-bond donors (Lipinski definition) is 2. The van der Waals surface area contributed by atoms with Crippen LogP contribution in [0.5, 0.6) is 0 Å². The van der Waals surface area contributed by atoms with Crippen molar-refractivity contribution in [3.8, 4) is 0 Å². The van der Waals surface area contributed by atoms with Gasteiger partial charge in [0.25, 0.3) is 0 Å². The average Bonchev–Trinajstić information content (AvgIpc) is 2.83. The highest BCUT2D eigenvalue weighted by atomic mass is 15.2. The van der Waals surface area contributed by atoms with Crippen LogP contribution in [0, 0.1) is 0 Å². The monoisotopic (exact) mass is 270 g/mol. The number of rotatable bonds is 3. The van der Waals surface area contributed by atoms with Gasteiger partial charge in [0, 0.05) is 37.3 Å². The van der Waals surface area contributed by atoms with Gasteiger partial charge in [-0.05, 0) is 19.4 Å². The molecule has 0 radical (unpaired) electrons. The molecule has 0 fully saturated rings. The molecule has 1 aromatic carbocycles. The summed E-state index contributed by atoms with van der Waals surface area (Å²) in [7, 11) is 0. The molecule has 3 N–H and O–H groups in total. The predicted molar refractivity (Wildman–Crippen MR) is 80.1 cm³/mol. The van der Waals surface area contributed by atoms with Crippen LogP contribution in [-0.4, -0.2) is 21.6 Å². The standard InChI is InChI=1S/C16H22N4/c1-16(2,17)15-13-11-20(9-8-14(13)18-19-15)10-12-6-4-3-5-7-12/h3-7H,8-11,17H2,1-2H3,(H,18,19). The van der Waals surface area contributed by atoms with E-state index in [1.54, 1.807) is 0 Å². The van der Waals surface area contributed by atoms with Crippen LogP contribution in [0.1, 0.15) is 36.4 Å². The van der Waals surface area contributed by atoms with Crippen LogP contribution < -0.4 is 5.73 Å². The van der Waals surface area contributed by atoms with Crippen molar-refractivity contribution in [2.75, 3.05) is 6.54 Å². The van der Waals surface area contributed by atoms with Gasteiger partial charge in [-0.3, -0.25) is 10.00 Å². The highest BCUT2D eigenvalue weighted by molar-refractivity contribution is 5.32. The third-order valence-electron chi connectivity index (χ3n) is 3.87. The Morgan fingerprint density at radius 2 is 2.05 bits per heavy atom. The molecule has 4 nitrogen and oxygen atoms in total. The summed E-state index contributed by atoms with van der Waals surface area (Å²) in [5.74, 6) is 0. The van der Waals surface area contributed by atoms with E-state index in [9.17, 15) is 0 Å². The van der Waals surface area contributed by atoms with Gasteiger partial charge in [-0.2, -0.15) is 5.10 Å². The highest BCUT2D eigenvalue weighted by Crippen LogP contribution is 2.27. The van der Waals surface area contributed by atoms with Crippen LogP contribution in [0.15, 0.2) is 30.3 Å². The number of nitrogens with one attached hydrogen (secondary N) is 1. The highest BCUT2D eigenvalue weighted by Gasteiger charge is 2.28. The molecule has 0 bridgehead atoms.